The van der Waals surface area contributed by atoms with Crippen LogP contribution in [0, 0.1) is 10.8 Å². The zero-order valence-electron chi connectivity index (χ0n) is 15.0. The van der Waals surface area contributed by atoms with Crippen LogP contribution < -0.4 is 0 Å². The third-order valence-corrected chi connectivity index (χ3v) is 4.91. The molecule has 1 atom stereocenters. The van der Waals surface area contributed by atoms with Gasteiger partial charge in [-0.3, -0.25) is 9.59 Å². The summed E-state index contributed by atoms with van der Waals surface area (Å²) < 4.78 is 0. The van der Waals surface area contributed by atoms with Crippen molar-refractivity contribution < 1.29 is 9.59 Å². The molecule has 0 radical (unpaired) electrons. The number of benzene rings is 3. The van der Waals surface area contributed by atoms with Gasteiger partial charge in [0.25, 0.3) is 0 Å². The summed E-state index contributed by atoms with van der Waals surface area (Å²) in [6, 6.07) is 24.0. The molecule has 0 aliphatic heterocycles. The van der Waals surface area contributed by atoms with Gasteiger partial charge in [-0.25, -0.2) is 0 Å². The van der Waals surface area contributed by atoms with E-state index in [1.165, 1.54) is 0 Å². The molecule has 0 fully saturated rings. The van der Waals surface area contributed by atoms with E-state index in [4.69, 9.17) is 11.6 Å². The number of hydrogen-bond donors (Lipinski definition) is 0. The lowest BCUT2D eigenvalue weighted by Gasteiger charge is -2.24. The Morgan fingerprint density at radius 1 is 0.750 bits per heavy atom. The molecule has 0 aliphatic rings. The molecule has 28 heavy (non-hydrogen) atoms. The summed E-state index contributed by atoms with van der Waals surface area (Å²) in [6.07, 6.45) is 0. The van der Waals surface area contributed by atoms with Crippen molar-refractivity contribution in [2.45, 2.75) is 5.92 Å². The van der Waals surface area contributed by atoms with E-state index in [1.54, 1.807) is 84.9 Å². The molecule has 0 amide bonds. The topological polar surface area (TPSA) is 63.6 Å². The Bertz CT molecular complexity index is 905. The summed E-state index contributed by atoms with van der Waals surface area (Å²) in [7, 11) is 0. The van der Waals surface area contributed by atoms with Gasteiger partial charge in [-0.05, 0) is 17.7 Å². The molecular weight excluding hydrogens is 374 g/mol. The minimum atomic E-state index is -1.07. The fourth-order valence-corrected chi connectivity index (χ4v) is 3.37. The Labute approximate surface area is 168 Å². The van der Waals surface area contributed by atoms with Gasteiger partial charge in [0, 0.05) is 22.1 Å². The van der Waals surface area contributed by atoms with Crippen molar-refractivity contribution in [3.63, 3.8) is 0 Å². The highest BCUT2D eigenvalue weighted by Crippen LogP contribution is 2.32. The van der Waals surface area contributed by atoms with E-state index in [-0.39, 0.29) is 18.1 Å². The fourth-order valence-electron chi connectivity index (χ4n) is 3.24. The molecule has 5 heteroatoms. The molecule has 3 aromatic rings. The number of carbonyl (C=O) groups excluding carboxylic acids is 2. The van der Waals surface area contributed by atoms with Gasteiger partial charge in [-0.2, -0.15) is 4.91 Å². The van der Waals surface area contributed by atoms with Crippen LogP contribution in [0.25, 0.3) is 0 Å². The Balaban J connectivity index is 2.09. The van der Waals surface area contributed by atoms with E-state index in [2.05, 4.69) is 5.18 Å². The second-order valence-electron chi connectivity index (χ2n) is 6.41. The van der Waals surface area contributed by atoms with Crippen LogP contribution in [-0.2, 0) is 0 Å². The molecule has 0 aliphatic carbocycles. The van der Waals surface area contributed by atoms with E-state index in [1.807, 2.05) is 0 Å². The smallest absolute Gasteiger partial charge is 0.174 e. The molecule has 0 unspecified atom stereocenters. The highest BCUT2D eigenvalue weighted by atomic mass is 35.5. The van der Waals surface area contributed by atoms with Gasteiger partial charge in [0.15, 0.2) is 11.6 Å². The van der Waals surface area contributed by atoms with Crippen molar-refractivity contribution in [2.24, 2.45) is 11.1 Å². The van der Waals surface area contributed by atoms with E-state index < -0.39 is 11.8 Å². The van der Waals surface area contributed by atoms with Crippen molar-refractivity contribution in [1.82, 2.24) is 0 Å². The third kappa shape index (κ3) is 4.41. The monoisotopic (exact) mass is 391 g/mol. The van der Waals surface area contributed by atoms with Gasteiger partial charge >= 0.3 is 0 Å². The highest BCUT2D eigenvalue weighted by Gasteiger charge is 2.37. The van der Waals surface area contributed by atoms with Crippen molar-refractivity contribution in [2.75, 3.05) is 6.54 Å². The second-order valence-corrected chi connectivity index (χ2v) is 6.84. The highest BCUT2D eigenvalue weighted by molar-refractivity contribution is 6.30. The molecule has 0 saturated heterocycles. The standard InChI is InChI=1S/C23H18ClNO3/c24-19-13-11-16(12-14-19)20(15-25-28)21(22(26)17-7-3-1-4-8-17)23(27)18-9-5-2-6-10-18/h1-14,20-21H,15H2/t20-/m1/s1. The van der Waals surface area contributed by atoms with Crippen LogP contribution in [0.15, 0.2) is 90.1 Å². The van der Waals surface area contributed by atoms with Crippen LogP contribution in [0.5, 0.6) is 0 Å². The molecule has 4 nitrogen and oxygen atoms in total. The average Bonchev–Trinajstić information content (AvgIpc) is 2.75. The maximum absolute atomic E-state index is 13.3. The van der Waals surface area contributed by atoms with Crippen LogP contribution in [0.2, 0.25) is 5.02 Å². The predicted molar refractivity (Wildman–Crippen MR) is 110 cm³/mol. The Morgan fingerprint density at radius 3 is 1.64 bits per heavy atom. The molecular formula is C23H18ClNO3. The maximum Gasteiger partial charge on any atom is 0.174 e. The van der Waals surface area contributed by atoms with Crippen molar-refractivity contribution in [3.05, 3.63) is 112 Å². The van der Waals surface area contributed by atoms with Gasteiger partial charge in [-0.1, -0.05) is 89.6 Å². The first kappa shape index (κ1) is 19.6. The molecule has 3 aromatic carbocycles. The zero-order valence-corrected chi connectivity index (χ0v) is 15.8. The van der Waals surface area contributed by atoms with Crippen molar-refractivity contribution in [1.29, 1.82) is 0 Å². The Hall–Kier alpha value is -3.11. The second kappa shape index (κ2) is 9.20. The number of Topliss-reactive ketones (excluding diaryl/α,β-unsaturated/α-hetero) is 2. The lowest BCUT2D eigenvalue weighted by molar-refractivity contribution is 0.0784. The predicted octanol–water partition coefficient (Wildman–Crippen LogP) is 5.57. The maximum atomic E-state index is 13.3. The number of carbonyl (C=O) groups is 2. The number of rotatable bonds is 8. The molecule has 0 heterocycles. The largest absolute Gasteiger partial charge is 0.293 e. The first-order valence-electron chi connectivity index (χ1n) is 8.85. The lowest BCUT2D eigenvalue weighted by Crippen LogP contribution is -2.32. The molecule has 0 saturated carbocycles. The van der Waals surface area contributed by atoms with Crippen LogP contribution in [0.1, 0.15) is 32.2 Å². The molecule has 0 bridgehead atoms. The van der Waals surface area contributed by atoms with Gasteiger partial charge in [0.05, 0.1) is 12.5 Å². The van der Waals surface area contributed by atoms with Crippen molar-refractivity contribution >= 4 is 23.2 Å². The fraction of sp³-hybridized carbons (Fsp3) is 0.130. The summed E-state index contributed by atoms with van der Waals surface area (Å²) in [6.45, 7) is -0.191. The normalized spacial score (nSPS) is 11.8. The third-order valence-electron chi connectivity index (χ3n) is 4.65. The average molecular weight is 392 g/mol. The van der Waals surface area contributed by atoms with Gasteiger partial charge in [-0.15, -0.1) is 0 Å². The summed E-state index contributed by atoms with van der Waals surface area (Å²) >= 11 is 5.97. The van der Waals surface area contributed by atoms with Crippen LogP contribution in [0.3, 0.4) is 0 Å². The van der Waals surface area contributed by atoms with Gasteiger partial charge in [0.2, 0.25) is 0 Å². The van der Waals surface area contributed by atoms with E-state index in [9.17, 15) is 14.5 Å². The van der Waals surface area contributed by atoms with Crippen molar-refractivity contribution in [3.8, 4) is 0 Å². The molecule has 140 valence electrons. The quantitative estimate of drug-likeness (QED) is 0.286. The minimum absolute atomic E-state index is 0.191. The van der Waals surface area contributed by atoms with Gasteiger partial charge in [0.1, 0.15) is 0 Å². The number of ketones is 2. The van der Waals surface area contributed by atoms with E-state index in [0.717, 1.165) is 0 Å². The number of hydrogen-bond acceptors (Lipinski definition) is 4. The Morgan fingerprint density at radius 2 is 1.21 bits per heavy atom. The first-order valence-corrected chi connectivity index (χ1v) is 9.22. The number of halogens is 1. The number of nitroso groups, excluding NO2 is 1. The van der Waals surface area contributed by atoms with E-state index >= 15 is 0 Å². The SMILES string of the molecule is O=NC[C@H](c1ccc(Cl)cc1)C(C(=O)c1ccccc1)C(=O)c1ccccc1. The first-order chi connectivity index (χ1) is 13.6. The lowest BCUT2D eigenvalue weighted by atomic mass is 9.77. The zero-order chi connectivity index (χ0) is 19.9. The summed E-state index contributed by atoms with van der Waals surface area (Å²) in [5.41, 5.74) is 1.51. The van der Waals surface area contributed by atoms with Crippen LogP contribution in [0.4, 0.5) is 0 Å². The molecule has 3 rings (SSSR count). The molecule has 0 spiro atoms. The van der Waals surface area contributed by atoms with Crippen LogP contribution in [-0.4, -0.2) is 18.1 Å². The summed E-state index contributed by atoms with van der Waals surface area (Å²) in [5, 5.41) is 3.55. The molecule has 0 N–H and O–H groups in total. The van der Waals surface area contributed by atoms with Gasteiger partial charge < -0.3 is 0 Å². The summed E-state index contributed by atoms with van der Waals surface area (Å²) in [5.74, 6) is -2.42. The molecule has 0 aromatic heterocycles. The summed E-state index contributed by atoms with van der Waals surface area (Å²) in [4.78, 5) is 37.8. The number of nitrogens with zero attached hydrogens (tertiary/aromatic N) is 1. The van der Waals surface area contributed by atoms with E-state index in [0.29, 0.717) is 21.7 Å². The minimum Gasteiger partial charge on any atom is -0.293 e. The van der Waals surface area contributed by atoms with Crippen LogP contribution >= 0.6 is 11.6 Å². The Kier molecular flexibility index (Phi) is 6.45.